The Labute approximate surface area is 128 Å². The van der Waals surface area contributed by atoms with Crippen LogP contribution < -0.4 is 10.6 Å². The molecule has 0 atom stereocenters. The van der Waals surface area contributed by atoms with Gasteiger partial charge in [0.1, 0.15) is 5.84 Å². The minimum Gasteiger partial charge on any atom is -0.384 e. The summed E-state index contributed by atoms with van der Waals surface area (Å²) in [6, 6.07) is 13.0. The fourth-order valence-corrected chi connectivity index (χ4v) is 2.42. The number of anilines is 1. The van der Waals surface area contributed by atoms with E-state index in [0.717, 1.165) is 11.3 Å². The second kappa shape index (κ2) is 6.16. The number of benzene rings is 2. The lowest BCUT2D eigenvalue weighted by Gasteiger charge is -2.21. The van der Waals surface area contributed by atoms with Crippen molar-refractivity contribution in [1.82, 2.24) is 0 Å². The van der Waals surface area contributed by atoms with Gasteiger partial charge in [0.05, 0.1) is 0 Å². The van der Waals surface area contributed by atoms with E-state index < -0.39 is 0 Å². The number of hydrogen-bond acceptors (Lipinski definition) is 2. The molecule has 20 heavy (non-hydrogen) atoms. The fourth-order valence-electron chi connectivity index (χ4n) is 1.91. The van der Waals surface area contributed by atoms with E-state index in [1.54, 1.807) is 0 Å². The van der Waals surface area contributed by atoms with Crippen LogP contribution in [-0.4, -0.2) is 12.9 Å². The fraction of sp³-hybridized carbons (Fsp3) is 0.133. The van der Waals surface area contributed by atoms with Crippen LogP contribution >= 0.6 is 23.2 Å². The first-order chi connectivity index (χ1) is 9.49. The first kappa shape index (κ1) is 14.7. The van der Waals surface area contributed by atoms with Gasteiger partial charge in [-0.3, -0.25) is 5.41 Å². The molecule has 3 N–H and O–H groups in total. The van der Waals surface area contributed by atoms with Gasteiger partial charge in [-0.15, -0.1) is 0 Å². The van der Waals surface area contributed by atoms with Crippen LogP contribution in [0, 0.1) is 5.41 Å². The Morgan fingerprint density at radius 1 is 1.10 bits per heavy atom. The first-order valence-corrected chi connectivity index (χ1v) is 6.83. The molecule has 0 saturated heterocycles. The molecule has 0 aliphatic heterocycles. The molecule has 0 aromatic heterocycles. The predicted octanol–water partition coefficient (Wildman–Crippen LogP) is 3.91. The van der Waals surface area contributed by atoms with Crippen LogP contribution in [0.4, 0.5) is 5.69 Å². The molecule has 0 radical (unpaired) electrons. The van der Waals surface area contributed by atoms with Crippen molar-refractivity contribution in [2.45, 2.75) is 6.54 Å². The summed E-state index contributed by atoms with van der Waals surface area (Å²) in [6.45, 7) is 0.609. The van der Waals surface area contributed by atoms with Gasteiger partial charge in [-0.05, 0) is 36.4 Å². The van der Waals surface area contributed by atoms with Crippen molar-refractivity contribution in [3.8, 4) is 0 Å². The number of amidine groups is 1. The largest absolute Gasteiger partial charge is 0.384 e. The van der Waals surface area contributed by atoms with E-state index in [1.807, 2.05) is 54.4 Å². The lowest BCUT2D eigenvalue weighted by molar-refractivity contribution is 0.923. The summed E-state index contributed by atoms with van der Waals surface area (Å²) in [5.41, 5.74) is 8.05. The zero-order valence-electron chi connectivity index (χ0n) is 11.0. The van der Waals surface area contributed by atoms with Gasteiger partial charge in [0.25, 0.3) is 0 Å². The van der Waals surface area contributed by atoms with Crippen LogP contribution in [0.5, 0.6) is 0 Å². The molecular formula is C15H15Cl2N3. The molecule has 2 aromatic carbocycles. The average molecular weight is 308 g/mol. The van der Waals surface area contributed by atoms with Gasteiger partial charge in [0.2, 0.25) is 0 Å². The number of nitrogens with one attached hydrogen (secondary N) is 1. The first-order valence-electron chi connectivity index (χ1n) is 6.07. The Morgan fingerprint density at radius 3 is 2.15 bits per heavy atom. The minimum absolute atomic E-state index is 0.0633. The van der Waals surface area contributed by atoms with Crippen molar-refractivity contribution in [1.29, 1.82) is 5.41 Å². The van der Waals surface area contributed by atoms with E-state index in [1.165, 1.54) is 0 Å². The van der Waals surface area contributed by atoms with Crippen LogP contribution in [-0.2, 0) is 6.54 Å². The van der Waals surface area contributed by atoms with Crippen molar-refractivity contribution in [2.75, 3.05) is 11.9 Å². The summed E-state index contributed by atoms with van der Waals surface area (Å²) in [4.78, 5) is 2.04. The molecule has 0 spiro atoms. The van der Waals surface area contributed by atoms with Gasteiger partial charge in [0, 0.05) is 40.5 Å². The third-order valence-corrected chi connectivity index (χ3v) is 3.78. The van der Waals surface area contributed by atoms with Crippen molar-refractivity contribution in [3.05, 3.63) is 63.6 Å². The summed E-state index contributed by atoms with van der Waals surface area (Å²) in [5.74, 6) is 0.0633. The summed E-state index contributed by atoms with van der Waals surface area (Å²) in [6.07, 6.45) is 0. The van der Waals surface area contributed by atoms with Crippen LogP contribution in [0.1, 0.15) is 11.1 Å². The van der Waals surface area contributed by atoms with Crippen LogP contribution in [0.25, 0.3) is 0 Å². The van der Waals surface area contributed by atoms with E-state index in [4.69, 9.17) is 34.3 Å². The summed E-state index contributed by atoms with van der Waals surface area (Å²) < 4.78 is 0. The van der Waals surface area contributed by atoms with E-state index >= 15 is 0 Å². The SMILES string of the molecule is CN(Cc1c(Cl)cccc1Cl)c1ccc(C(=N)N)cc1. The number of nitrogens with two attached hydrogens (primary N) is 1. The number of nitrogens with zero attached hydrogens (tertiary/aromatic N) is 1. The Morgan fingerprint density at radius 2 is 1.65 bits per heavy atom. The monoisotopic (exact) mass is 307 g/mol. The molecule has 0 saturated carbocycles. The van der Waals surface area contributed by atoms with Gasteiger partial charge < -0.3 is 10.6 Å². The summed E-state index contributed by atoms with van der Waals surface area (Å²) in [7, 11) is 1.96. The Hall–Kier alpha value is -1.71. The van der Waals surface area contributed by atoms with Crippen LogP contribution in [0.15, 0.2) is 42.5 Å². The maximum absolute atomic E-state index is 7.38. The second-order valence-corrected chi connectivity index (χ2v) is 5.33. The molecule has 3 nitrogen and oxygen atoms in total. The molecule has 104 valence electrons. The molecule has 0 heterocycles. The highest BCUT2D eigenvalue weighted by Crippen LogP contribution is 2.27. The zero-order chi connectivity index (χ0) is 14.7. The van der Waals surface area contributed by atoms with Crippen molar-refractivity contribution in [3.63, 3.8) is 0 Å². The van der Waals surface area contributed by atoms with Crippen molar-refractivity contribution in [2.24, 2.45) is 5.73 Å². The molecule has 5 heteroatoms. The standard InChI is InChI=1S/C15H15Cl2N3/c1-20(9-12-13(16)3-2-4-14(12)17)11-7-5-10(6-8-11)15(18)19/h2-8H,9H2,1H3,(H3,18,19). The molecule has 0 aliphatic rings. The minimum atomic E-state index is 0.0633. The molecule has 0 unspecified atom stereocenters. The second-order valence-electron chi connectivity index (χ2n) is 4.52. The molecule has 2 aromatic rings. The van der Waals surface area contributed by atoms with Crippen molar-refractivity contribution >= 4 is 34.7 Å². The molecular weight excluding hydrogens is 293 g/mol. The molecule has 0 bridgehead atoms. The summed E-state index contributed by atoms with van der Waals surface area (Å²) in [5, 5.41) is 8.69. The summed E-state index contributed by atoms with van der Waals surface area (Å²) >= 11 is 12.3. The van der Waals surface area contributed by atoms with Crippen LogP contribution in [0.3, 0.4) is 0 Å². The molecule has 2 rings (SSSR count). The Bertz CT molecular complexity index is 603. The quantitative estimate of drug-likeness (QED) is 0.664. The lowest BCUT2D eigenvalue weighted by atomic mass is 10.1. The average Bonchev–Trinajstić information content (AvgIpc) is 2.43. The number of nitrogen functional groups attached to an aromatic ring is 1. The topological polar surface area (TPSA) is 53.1 Å². The highest BCUT2D eigenvalue weighted by Gasteiger charge is 2.09. The molecule has 0 amide bonds. The van der Waals surface area contributed by atoms with Gasteiger partial charge in [-0.2, -0.15) is 0 Å². The third kappa shape index (κ3) is 3.24. The normalized spacial score (nSPS) is 10.3. The lowest BCUT2D eigenvalue weighted by Crippen LogP contribution is -2.17. The van der Waals surface area contributed by atoms with E-state index in [-0.39, 0.29) is 5.84 Å². The Kier molecular flexibility index (Phi) is 4.53. The van der Waals surface area contributed by atoms with Gasteiger partial charge in [-0.25, -0.2) is 0 Å². The van der Waals surface area contributed by atoms with Gasteiger partial charge in [0.15, 0.2) is 0 Å². The number of hydrogen-bond donors (Lipinski definition) is 2. The molecule has 0 aliphatic carbocycles. The van der Waals surface area contributed by atoms with Gasteiger partial charge in [-0.1, -0.05) is 29.3 Å². The maximum atomic E-state index is 7.38. The third-order valence-electron chi connectivity index (χ3n) is 3.08. The molecule has 0 fully saturated rings. The maximum Gasteiger partial charge on any atom is 0.122 e. The van der Waals surface area contributed by atoms with E-state index in [9.17, 15) is 0 Å². The number of rotatable bonds is 4. The zero-order valence-corrected chi connectivity index (χ0v) is 12.5. The van der Waals surface area contributed by atoms with Crippen molar-refractivity contribution < 1.29 is 0 Å². The predicted molar refractivity (Wildman–Crippen MR) is 86.0 cm³/mol. The smallest absolute Gasteiger partial charge is 0.122 e. The van der Waals surface area contributed by atoms with E-state index in [0.29, 0.717) is 22.2 Å². The van der Waals surface area contributed by atoms with E-state index in [2.05, 4.69) is 0 Å². The van der Waals surface area contributed by atoms with Crippen LogP contribution in [0.2, 0.25) is 10.0 Å². The van der Waals surface area contributed by atoms with Gasteiger partial charge >= 0.3 is 0 Å². The highest BCUT2D eigenvalue weighted by atomic mass is 35.5. The number of halogens is 2. The Balaban J connectivity index is 2.19. The highest BCUT2D eigenvalue weighted by molar-refractivity contribution is 6.36.